The second kappa shape index (κ2) is 10.0. The molecule has 0 saturated carbocycles. The summed E-state index contributed by atoms with van der Waals surface area (Å²) in [5.74, 6) is -0.0340. The van der Waals surface area contributed by atoms with Crippen molar-refractivity contribution in [1.29, 1.82) is 5.26 Å². The van der Waals surface area contributed by atoms with Gasteiger partial charge in [0.05, 0.1) is 0 Å². The number of aromatic amines is 1. The average molecular weight is 341 g/mol. The molecule has 1 atom stereocenters. The third-order valence-corrected chi connectivity index (χ3v) is 3.68. The number of H-pyrrole nitrogens is 1. The third kappa shape index (κ3) is 6.05. The molecule has 6 nitrogen and oxygen atoms in total. The van der Waals surface area contributed by atoms with Gasteiger partial charge in [-0.2, -0.15) is 5.26 Å². The van der Waals surface area contributed by atoms with Gasteiger partial charge in [-0.05, 0) is 44.9 Å². The van der Waals surface area contributed by atoms with Gasteiger partial charge in [0.25, 0.3) is 5.56 Å². The van der Waals surface area contributed by atoms with Crippen molar-refractivity contribution >= 4 is 18.3 Å². The largest absolute Gasteiger partial charge is 0.355 e. The van der Waals surface area contributed by atoms with Crippen LogP contribution in [0.3, 0.4) is 0 Å². The van der Waals surface area contributed by atoms with Crippen molar-refractivity contribution in [2.75, 3.05) is 13.1 Å². The summed E-state index contributed by atoms with van der Waals surface area (Å²) in [5.41, 5.74) is 2.01. The summed E-state index contributed by atoms with van der Waals surface area (Å²) in [6.07, 6.45) is 0.835. The number of carbonyl (C=O) groups is 1. The number of likely N-dealkylation sites (N-methyl/N-ethyl adjacent to an activating group) is 1. The maximum absolute atomic E-state index is 11.9. The van der Waals surface area contributed by atoms with E-state index < -0.39 is 0 Å². The number of halogens is 1. The molecule has 0 spiro atoms. The van der Waals surface area contributed by atoms with Crippen molar-refractivity contribution in [2.24, 2.45) is 0 Å². The molecule has 0 saturated heterocycles. The maximum atomic E-state index is 11.9. The van der Waals surface area contributed by atoms with Crippen molar-refractivity contribution in [1.82, 2.24) is 15.6 Å². The van der Waals surface area contributed by atoms with E-state index >= 15 is 0 Å². The lowest BCUT2D eigenvalue weighted by molar-refractivity contribution is -0.121. The maximum Gasteiger partial charge on any atom is 0.266 e. The molecule has 23 heavy (non-hydrogen) atoms. The number of nitrogens with one attached hydrogen (secondary N) is 3. The lowest BCUT2D eigenvalue weighted by atomic mass is 9.99. The van der Waals surface area contributed by atoms with Crippen molar-refractivity contribution in [3.63, 3.8) is 0 Å². The number of hydrogen-bond donors (Lipinski definition) is 3. The third-order valence-electron chi connectivity index (χ3n) is 3.68. The molecule has 3 N–H and O–H groups in total. The van der Waals surface area contributed by atoms with Crippen molar-refractivity contribution in [3.8, 4) is 6.07 Å². The van der Waals surface area contributed by atoms with Crippen LogP contribution in [0.2, 0.25) is 0 Å². The summed E-state index contributed by atoms with van der Waals surface area (Å²) >= 11 is 0. The molecule has 1 aromatic heterocycles. The van der Waals surface area contributed by atoms with Crippen LogP contribution in [0.4, 0.5) is 0 Å². The Morgan fingerprint density at radius 3 is 2.61 bits per heavy atom. The normalized spacial score (nSPS) is 11.3. The Bertz CT molecular complexity index is 634. The SMILES string of the molecule is CCN[C@H](C)CNC(=O)CCc1c(C)[nH]c(=O)c(C#N)c1C.Cl. The van der Waals surface area contributed by atoms with Gasteiger partial charge in [-0.15, -0.1) is 12.4 Å². The minimum atomic E-state index is -0.370. The van der Waals surface area contributed by atoms with E-state index in [4.69, 9.17) is 5.26 Å². The highest BCUT2D eigenvalue weighted by Crippen LogP contribution is 2.14. The number of carbonyl (C=O) groups excluding carboxylic acids is 1. The molecule has 1 amide bonds. The summed E-state index contributed by atoms with van der Waals surface area (Å²) in [5, 5.41) is 15.1. The highest BCUT2D eigenvalue weighted by atomic mass is 35.5. The van der Waals surface area contributed by atoms with Crippen LogP contribution in [0, 0.1) is 25.2 Å². The van der Waals surface area contributed by atoms with Crippen LogP contribution in [-0.2, 0) is 11.2 Å². The zero-order valence-corrected chi connectivity index (χ0v) is 14.9. The van der Waals surface area contributed by atoms with E-state index in [1.54, 1.807) is 13.8 Å². The van der Waals surface area contributed by atoms with Crippen molar-refractivity contribution < 1.29 is 4.79 Å². The minimum absolute atomic E-state index is 0. The molecule has 1 rings (SSSR count). The molecule has 0 aliphatic carbocycles. The number of aryl methyl sites for hydroxylation is 1. The summed E-state index contributed by atoms with van der Waals surface area (Å²) in [4.78, 5) is 26.2. The number of aromatic nitrogens is 1. The van der Waals surface area contributed by atoms with Gasteiger partial charge in [0.15, 0.2) is 0 Å². The number of hydrogen-bond acceptors (Lipinski definition) is 4. The minimum Gasteiger partial charge on any atom is -0.355 e. The molecule has 0 radical (unpaired) electrons. The predicted octanol–water partition coefficient (Wildman–Crippen LogP) is 1.33. The Morgan fingerprint density at radius 2 is 2.04 bits per heavy atom. The van der Waals surface area contributed by atoms with Crippen LogP contribution in [0.5, 0.6) is 0 Å². The molecule has 1 heterocycles. The number of pyridine rings is 1. The van der Waals surface area contributed by atoms with Crippen LogP contribution >= 0.6 is 12.4 Å². The Balaban J connectivity index is 0.00000484. The van der Waals surface area contributed by atoms with Crippen LogP contribution in [-0.4, -0.2) is 30.0 Å². The van der Waals surface area contributed by atoms with Gasteiger partial charge >= 0.3 is 0 Å². The summed E-state index contributed by atoms with van der Waals surface area (Å²) in [7, 11) is 0. The first-order valence-corrected chi connectivity index (χ1v) is 7.53. The smallest absolute Gasteiger partial charge is 0.266 e. The van der Waals surface area contributed by atoms with Gasteiger partial charge in [-0.1, -0.05) is 6.92 Å². The second-order valence-corrected chi connectivity index (χ2v) is 5.43. The quantitative estimate of drug-likeness (QED) is 0.697. The van der Waals surface area contributed by atoms with Crippen LogP contribution in [0.1, 0.15) is 42.7 Å². The number of rotatable bonds is 7. The van der Waals surface area contributed by atoms with Gasteiger partial charge in [0.1, 0.15) is 11.6 Å². The molecular formula is C16H25ClN4O2. The first kappa shape index (κ1) is 21.2. The average Bonchev–Trinajstić information content (AvgIpc) is 2.45. The van der Waals surface area contributed by atoms with Gasteiger partial charge in [-0.25, -0.2) is 0 Å². The van der Waals surface area contributed by atoms with Gasteiger partial charge in [0, 0.05) is 24.7 Å². The molecule has 0 bridgehead atoms. The number of nitrogens with zero attached hydrogens (tertiary/aromatic N) is 1. The Labute approximate surface area is 143 Å². The van der Waals surface area contributed by atoms with E-state index in [1.807, 2.05) is 19.9 Å². The molecule has 0 aromatic carbocycles. The highest BCUT2D eigenvalue weighted by Gasteiger charge is 2.13. The standard InChI is InChI=1S/C16H24N4O2.ClH/c1-5-18-10(2)9-19-15(21)7-6-13-11(3)14(8-17)16(22)20-12(13)4;/h10,18H,5-7,9H2,1-4H3,(H,19,21)(H,20,22);1H/t10-;/m1./s1. The van der Waals surface area contributed by atoms with Crippen LogP contribution in [0.25, 0.3) is 0 Å². The van der Waals surface area contributed by atoms with E-state index in [9.17, 15) is 9.59 Å². The molecular weight excluding hydrogens is 316 g/mol. The van der Waals surface area contributed by atoms with E-state index in [-0.39, 0.29) is 35.5 Å². The second-order valence-electron chi connectivity index (χ2n) is 5.43. The lowest BCUT2D eigenvalue weighted by Gasteiger charge is -2.14. The van der Waals surface area contributed by atoms with E-state index in [2.05, 4.69) is 15.6 Å². The summed E-state index contributed by atoms with van der Waals surface area (Å²) in [6.45, 7) is 9.02. The number of nitriles is 1. The summed E-state index contributed by atoms with van der Waals surface area (Å²) in [6, 6.07) is 2.15. The first-order chi connectivity index (χ1) is 10.4. The summed E-state index contributed by atoms with van der Waals surface area (Å²) < 4.78 is 0. The van der Waals surface area contributed by atoms with Gasteiger partial charge < -0.3 is 15.6 Å². The molecule has 1 aromatic rings. The molecule has 128 valence electrons. The molecule has 7 heteroatoms. The Morgan fingerprint density at radius 1 is 1.39 bits per heavy atom. The fourth-order valence-corrected chi connectivity index (χ4v) is 2.43. The van der Waals surface area contributed by atoms with Crippen LogP contribution < -0.4 is 16.2 Å². The molecule has 0 aliphatic heterocycles. The first-order valence-electron chi connectivity index (χ1n) is 7.53. The highest BCUT2D eigenvalue weighted by molar-refractivity contribution is 5.85. The zero-order chi connectivity index (χ0) is 16.7. The number of amides is 1. The molecule has 0 unspecified atom stereocenters. The van der Waals surface area contributed by atoms with Crippen molar-refractivity contribution in [2.45, 2.75) is 46.6 Å². The molecule has 0 fully saturated rings. The van der Waals surface area contributed by atoms with Crippen molar-refractivity contribution in [3.05, 3.63) is 32.7 Å². The fraction of sp³-hybridized carbons (Fsp3) is 0.562. The predicted molar refractivity (Wildman–Crippen MR) is 93.0 cm³/mol. The van der Waals surface area contributed by atoms with Gasteiger partial charge in [0.2, 0.25) is 5.91 Å². The monoisotopic (exact) mass is 340 g/mol. The Kier molecular flexibility index (Phi) is 9.23. The van der Waals surface area contributed by atoms with Crippen LogP contribution in [0.15, 0.2) is 4.79 Å². The fourth-order valence-electron chi connectivity index (χ4n) is 2.43. The molecule has 0 aliphatic rings. The lowest BCUT2D eigenvalue weighted by Crippen LogP contribution is -2.38. The Hall–Kier alpha value is -1.84. The van der Waals surface area contributed by atoms with E-state index in [0.717, 1.165) is 17.8 Å². The topological polar surface area (TPSA) is 97.8 Å². The van der Waals surface area contributed by atoms with E-state index in [1.165, 1.54) is 0 Å². The zero-order valence-electron chi connectivity index (χ0n) is 14.1. The van der Waals surface area contributed by atoms with E-state index in [0.29, 0.717) is 24.9 Å². The van der Waals surface area contributed by atoms with Gasteiger partial charge in [-0.3, -0.25) is 9.59 Å².